The van der Waals surface area contributed by atoms with Crippen molar-refractivity contribution in [2.75, 3.05) is 0 Å². The zero-order valence-electron chi connectivity index (χ0n) is 7.84. The van der Waals surface area contributed by atoms with Gasteiger partial charge in [-0.1, -0.05) is 0 Å². The molecule has 0 aliphatic heterocycles. The van der Waals surface area contributed by atoms with Gasteiger partial charge in [0.2, 0.25) is 0 Å². The lowest BCUT2D eigenvalue weighted by Crippen LogP contribution is -2.23. The van der Waals surface area contributed by atoms with Crippen LogP contribution in [0, 0.1) is 0 Å². The molecule has 4 heteroatoms. The zero-order chi connectivity index (χ0) is 10.1. The van der Waals surface area contributed by atoms with E-state index in [0.717, 1.165) is 15.0 Å². The lowest BCUT2D eigenvalue weighted by molar-refractivity contribution is 0.157. The van der Waals surface area contributed by atoms with Crippen LogP contribution in [-0.4, -0.2) is 16.1 Å². The minimum absolute atomic E-state index is 0.240. The molecule has 0 fully saturated rings. The molecule has 2 aromatic heterocycles. The largest absolute Gasteiger partial charge is 0.386 e. The summed E-state index contributed by atoms with van der Waals surface area (Å²) in [6.07, 6.45) is 2.97. The quantitative estimate of drug-likeness (QED) is 0.789. The smallest absolute Gasteiger partial charge is 0.103 e. The number of aliphatic hydroxyl groups is 1. The van der Waals surface area contributed by atoms with Gasteiger partial charge < -0.3 is 10.8 Å². The Bertz CT molecular complexity index is 405. The highest BCUT2D eigenvalue weighted by Gasteiger charge is 2.14. The van der Waals surface area contributed by atoms with Gasteiger partial charge in [0.25, 0.3) is 0 Å². The summed E-state index contributed by atoms with van der Waals surface area (Å²) < 4.78 is 1.09. The van der Waals surface area contributed by atoms with Crippen molar-refractivity contribution in [1.82, 2.24) is 4.98 Å². The molecule has 3 N–H and O–H groups in total. The molecule has 74 valence electrons. The fraction of sp³-hybridized carbons (Fsp3) is 0.300. The summed E-state index contributed by atoms with van der Waals surface area (Å²) >= 11 is 1.54. The highest BCUT2D eigenvalue weighted by atomic mass is 32.1. The molecule has 2 aromatic rings. The van der Waals surface area contributed by atoms with E-state index in [9.17, 15) is 5.11 Å². The maximum atomic E-state index is 9.76. The van der Waals surface area contributed by atoms with E-state index in [1.54, 1.807) is 30.7 Å². The standard InChI is InChI=1S/C10H12N2OS/c1-6(11)10(13)8-4-7-2-3-12-5-9(7)14-8/h2-6,10,13H,11H2,1H3. The van der Waals surface area contributed by atoms with Crippen LogP contribution in [0.4, 0.5) is 0 Å². The monoisotopic (exact) mass is 208 g/mol. The summed E-state index contributed by atoms with van der Waals surface area (Å²) in [5.41, 5.74) is 5.63. The first kappa shape index (κ1) is 9.58. The Morgan fingerprint density at radius 2 is 2.36 bits per heavy atom. The number of aliphatic hydroxyl groups excluding tert-OH is 1. The van der Waals surface area contributed by atoms with Crippen LogP contribution in [-0.2, 0) is 0 Å². The molecule has 0 bridgehead atoms. The van der Waals surface area contributed by atoms with Crippen molar-refractivity contribution in [3.05, 3.63) is 29.4 Å². The van der Waals surface area contributed by atoms with Gasteiger partial charge >= 0.3 is 0 Å². The summed E-state index contributed by atoms with van der Waals surface area (Å²) in [6.45, 7) is 1.80. The Morgan fingerprint density at radius 1 is 1.57 bits per heavy atom. The Morgan fingerprint density at radius 3 is 3.00 bits per heavy atom. The molecule has 2 rings (SSSR count). The third-order valence-electron chi connectivity index (χ3n) is 2.13. The molecule has 0 aliphatic rings. The van der Waals surface area contributed by atoms with Crippen molar-refractivity contribution in [3.63, 3.8) is 0 Å². The average molecular weight is 208 g/mol. The number of nitrogens with zero attached hydrogens (tertiary/aromatic N) is 1. The maximum Gasteiger partial charge on any atom is 0.103 e. The fourth-order valence-electron chi connectivity index (χ4n) is 1.31. The first-order valence-corrected chi connectivity index (χ1v) is 5.27. The Hall–Kier alpha value is -0.970. The first-order valence-electron chi connectivity index (χ1n) is 4.45. The number of rotatable bonds is 2. The van der Waals surface area contributed by atoms with Crippen LogP contribution in [0.2, 0.25) is 0 Å². The van der Waals surface area contributed by atoms with Gasteiger partial charge in [-0.25, -0.2) is 0 Å². The van der Waals surface area contributed by atoms with E-state index >= 15 is 0 Å². The van der Waals surface area contributed by atoms with Crippen LogP contribution in [0.25, 0.3) is 10.1 Å². The summed E-state index contributed by atoms with van der Waals surface area (Å²) in [4.78, 5) is 4.93. The van der Waals surface area contributed by atoms with E-state index in [1.807, 2.05) is 12.1 Å². The van der Waals surface area contributed by atoms with Crippen LogP contribution >= 0.6 is 11.3 Å². The number of pyridine rings is 1. The second-order valence-corrected chi connectivity index (χ2v) is 4.48. The summed E-state index contributed by atoms with van der Waals surface area (Å²) in [5.74, 6) is 0. The number of thiophene rings is 1. The lowest BCUT2D eigenvalue weighted by atomic mass is 10.1. The second-order valence-electron chi connectivity index (χ2n) is 3.37. The summed E-state index contributed by atoms with van der Waals surface area (Å²) in [6, 6.07) is 3.66. The van der Waals surface area contributed by atoms with E-state index in [2.05, 4.69) is 4.98 Å². The lowest BCUT2D eigenvalue weighted by Gasteiger charge is -2.11. The molecule has 2 unspecified atom stereocenters. The molecule has 2 heterocycles. The van der Waals surface area contributed by atoms with Crippen LogP contribution in [0.1, 0.15) is 17.9 Å². The van der Waals surface area contributed by atoms with Crippen molar-refractivity contribution in [2.24, 2.45) is 5.73 Å². The minimum atomic E-state index is -0.576. The highest BCUT2D eigenvalue weighted by molar-refractivity contribution is 7.19. The molecular weight excluding hydrogens is 196 g/mol. The first-order chi connectivity index (χ1) is 6.68. The predicted octanol–water partition coefficient (Wildman–Crippen LogP) is 1.68. The molecule has 0 radical (unpaired) electrons. The molecule has 0 aliphatic carbocycles. The molecular formula is C10H12N2OS. The second kappa shape index (κ2) is 3.65. The van der Waals surface area contributed by atoms with E-state index < -0.39 is 6.10 Å². The van der Waals surface area contributed by atoms with Crippen molar-refractivity contribution in [2.45, 2.75) is 19.1 Å². The molecule has 3 nitrogen and oxygen atoms in total. The summed E-state index contributed by atoms with van der Waals surface area (Å²) in [5, 5.41) is 10.9. The molecule has 0 saturated heterocycles. The van der Waals surface area contributed by atoms with E-state index in [0.29, 0.717) is 0 Å². The van der Waals surface area contributed by atoms with E-state index in [-0.39, 0.29) is 6.04 Å². The number of fused-ring (bicyclic) bond motifs is 1. The minimum Gasteiger partial charge on any atom is -0.386 e. The average Bonchev–Trinajstić information content (AvgIpc) is 2.59. The molecule has 14 heavy (non-hydrogen) atoms. The van der Waals surface area contributed by atoms with Crippen LogP contribution in [0.3, 0.4) is 0 Å². The molecule has 0 spiro atoms. The SMILES string of the molecule is CC(N)C(O)c1cc2ccncc2s1. The van der Waals surface area contributed by atoms with Gasteiger partial charge in [0.15, 0.2) is 0 Å². The number of nitrogens with two attached hydrogens (primary N) is 1. The van der Waals surface area contributed by atoms with Crippen LogP contribution in [0.5, 0.6) is 0 Å². The fourth-order valence-corrected chi connectivity index (χ4v) is 2.44. The van der Waals surface area contributed by atoms with Gasteiger partial charge in [-0.2, -0.15) is 0 Å². The number of aromatic nitrogens is 1. The van der Waals surface area contributed by atoms with Gasteiger partial charge in [-0.3, -0.25) is 4.98 Å². The van der Waals surface area contributed by atoms with E-state index in [4.69, 9.17) is 5.73 Å². The van der Waals surface area contributed by atoms with Crippen LogP contribution in [0.15, 0.2) is 24.5 Å². The molecule has 2 atom stereocenters. The van der Waals surface area contributed by atoms with Crippen molar-refractivity contribution in [1.29, 1.82) is 0 Å². The number of hydrogen-bond donors (Lipinski definition) is 2. The zero-order valence-corrected chi connectivity index (χ0v) is 8.66. The van der Waals surface area contributed by atoms with Gasteiger partial charge in [0.05, 0.1) is 4.70 Å². The third kappa shape index (κ3) is 1.64. The Balaban J connectivity index is 2.45. The van der Waals surface area contributed by atoms with Crippen molar-refractivity contribution < 1.29 is 5.11 Å². The van der Waals surface area contributed by atoms with Gasteiger partial charge in [0.1, 0.15) is 6.10 Å². The van der Waals surface area contributed by atoms with Gasteiger partial charge in [-0.15, -0.1) is 11.3 Å². The molecule has 0 aromatic carbocycles. The maximum absolute atomic E-state index is 9.76. The van der Waals surface area contributed by atoms with Crippen molar-refractivity contribution >= 4 is 21.4 Å². The van der Waals surface area contributed by atoms with Gasteiger partial charge in [-0.05, 0) is 24.4 Å². The Kier molecular flexibility index (Phi) is 2.50. The van der Waals surface area contributed by atoms with Crippen LogP contribution < -0.4 is 5.73 Å². The molecule has 0 amide bonds. The van der Waals surface area contributed by atoms with Crippen molar-refractivity contribution in [3.8, 4) is 0 Å². The third-order valence-corrected chi connectivity index (χ3v) is 3.29. The summed E-state index contributed by atoms with van der Waals surface area (Å²) in [7, 11) is 0. The van der Waals surface area contributed by atoms with E-state index in [1.165, 1.54) is 0 Å². The van der Waals surface area contributed by atoms with Gasteiger partial charge in [0, 0.05) is 23.3 Å². The predicted molar refractivity (Wildman–Crippen MR) is 58.2 cm³/mol. The topological polar surface area (TPSA) is 59.1 Å². The molecule has 0 saturated carbocycles. The Labute approximate surface area is 86.2 Å². The highest BCUT2D eigenvalue weighted by Crippen LogP contribution is 2.29. The normalized spacial score (nSPS) is 15.6. The number of hydrogen-bond acceptors (Lipinski definition) is 4.